The number of amides is 1. The van der Waals surface area contributed by atoms with Crippen LogP contribution >= 0.6 is 0 Å². The molecule has 9 nitrogen and oxygen atoms in total. The number of hydrogen-bond acceptors (Lipinski definition) is 8. The van der Waals surface area contributed by atoms with E-state index < -0.39 is 9.84 Å². The van der Waals surface area contributed by atoms with Gasteiger partial charge in [-0.15, -0.1) is 0 Å². The number of carbonyl (C=O) groups excluding carboxylic acids is 1. The molecule has 0 aromatic carbocycles. The number of rotatable bonds is 6. The van der Waals surface area contributed by atoms with Crippen LogP contribution in [-0.4, -0.2) is 72.6 Å². The van der Waals surface area contributed by atoms with Crippen LogP contribution in [0.2, 0.25) is 0 Å². The van der Waals surface area contributed by atoms with Gasteiger partial charge < -0.3 is 19.1 Å². The lowest BCUT2D eigenvalue weighted by Gasteiger charge is -2.36. The highest BCUT2D eigenvalue weighted by atomic mass is 32.2. The van der Waals surface area contributed by atoms with Crippen LogP contribution < -0.4 is 4.74 Å². The Kier molecular flexibility index (Phi) is 6.39. The van der Waals surface area contributed by atoms with Crippen LogP contribution in [0.3, 0.4) is 0 Å². The Morgan fingerprint density at radius 3 is 2.16 bits per heavy atom. The molecule has 10 heteroatoms. The van der Waals surface area contributed by atoms with Crippen molar-refractivity contribution in [2.24, 2.45) is 0 Å². The summed E-state index contributed by atoms with van der Waals surface area (Å²) < 4.78 is 40.6. The van der Waals surface area contributed by atoms with Crippen molar-refractivity contribution in [3.05, 3.63) is 12.4 Å². The van der Waals surface area contributed by atoms with Gasteiger partial charge in [0.05, 0.1) is 24.6 Å². The van der Waals surface area contributed by atoms with E-state index in [1.54, 1.807) is 4.90 Å². The normalized spacial score (nSPS) is 26.3. The molecule has 2 aliphatic carbocycles. The topological polar surface area (TPSA) is 108 Å². The van der Waals surface area contributed by atoms with E-state index in [9.17, 15) is 13.2 Å². The largest absolute Gasteiger partial charge is 0.473 e. The second-order valence-electron chi connectivity index (χ2n) is 9.12. The minimum Gasteiger partial charge on any atom is -0.473 e. The fraction of sp³-hybridized carbons (Fsp3) is 0.762. The van der Waals surface area contributed by atoms with Gasteiger partial charge in [0.1, 0.15) is 11.7 Å². The van der Waals surface area contributed by atoms with E-state index >= 15 is 0 Å². The SMILES string of the molecule is CC1(OC(=O)N2CCC(O[C@H]3CC[C@H](Oc4cnc(S(C)(=O)=O)cn4)CC3)CC2)CC1. The number of nitrogens with zero attached hydrogens (tertiary/aromatic N) is 3. The van der Waals surface area contributed by atoms with Crippen molar-refractivity contribution in [3.63, 3.8) is 0 Å². The summed E-state index contributed by atoms with van der Waals surface area (Å²) in [5.74, 6) is 0.344. The van der Waals surface area contributed by atoms with Gasteiger partial charge in [-0.25, -0.2) is 23.2 Å². The van der Waals surface area contributed by atoms with Crippen molar-refractivity contribution >= 4 is 15.9 Å². The monoisotopic (exact) mass is 453 g/mol. The predicted octanol–water partition coefficient (Wildman–Crippen LogP) is 2.74. The third-order valence-corrected chi connectivity index (χ3v) is 7.24. The quantitative estimate of drug-likeness (QED) is 0.647. The van der Waals surface area contributed by atoms with Crippen molar-refractivity contribution in [2.75, 3.05) is 19.3 Å². The number of piperidine rings is 1. The standard InChI is InChI=1S/C21H31N3O6S/c1-21(9-10-21)30-20(25)24-11-7-17(8-12-24)28-15-3-5-16(6-4-15)29-18-13-23-19(14-22-18)31(2,26)27/h13-17H,3-12H2,1-2H3/t15-,16-. The first-order valence-corrected chi connectivity index (χ1v) is 12.9. The fourth-order valence-electron chi connectivity index (χ4n) is 4.01. The molecule has 0 atom stereocenters. The number of carbonyl (C=O) groups is 1. The maximum atomic E-state index is 12.2. The Hall–Kier alpha value is -1.94. The van der Waals surface area contributed by atoms with E-state index in [0.29, 0.717) is 19.0 Å². The van der Waals surface area contributed by atoms with Crippen LogP contribution in [0.1, 0.15) is 58.3 Å². The molecule has 0 N–H and O–H groups in total. The van der Waals surface area contributed by atoms with Crippen LogP contribution in [0.4, 0.5) is 4.79 Å². The van der Waals surface area contributed by atoms with Crippen LogP contribution in [0.5, 0.6) is 5.88 Å². The van der Waals surface area contributed by atoms with Crippen LogP contribution in [0.15, 0.2) is 17.4 Å². The van der Waals surface area contributed by atoms with Crippen molar-refractivity contribution in [1.82, 2.24) is 14.9 Å². The molecule has 2 saturated carbocycles. The number of ether oxygens (including phenoxy) is 3. The zero-order valence-corrected chi connectivity index (χ0v) is 19.0. The molecule has 3 aliphatic rings. The second-order valence-corrected chi connectivity index (χ2v) is 11.1. The smallest absolute Gasteiger partial charge is 0.410 e. The molecule has 2 heterocycles. The van der Waals surface area contributed by atoms with Crippen LogP contribution in [0.25, 0.3) is 0 Å². The molecule has 0 unspecified atom stereocenters. The summed E-state index contributed by atoms with van der Waals surface area (Å²) in [6.07, 6.45) is 11.0. The molecular formula is C21H31N3O6S. The molecule has 31 heavy (non-hydrogen) atoms. The highest BCUT2D eigenvalue weighted by molar-refractivity contribution is 7.90. The van der Waals surface area contributed by atoms with E-state index in [-0.39, 0.29) is 35.0 Å². The molecular weight excluding hydrogens is 422 g/mol. The maximum Gasteiger partial charge on any atom is 0.410 e. The molecule has 3 fully saturated rings. The van der Waals surface area contributed by atoms with Crippen LogP contribution in [0, 0.1) is 0 Å². The summed E-state index contributed by atoms with van der Waals surface area (Å²) in [4.78, 5) is 22.0. The Morgan fingerprint density at radius 1 is 1.00 bits per heavy atom. The van der Waals surface area contributed by atoms with Crippen molar-refractivity contribution in [1.29, 1.82) is 0 Å². The number of aromatic nitrogens is 2. The van der Waals surface area contributed by atoms with Gasteiger partial charge in [0.25, 0.3) is 0 Å². The lowest BCUT2D eigenvalue weighted by Crippen LogP contribution is -2.43. The van der Waals surface area contributed by atoms with Gasteiger partial charge in [-0.3, -0.25) is 0 Å². The van der Waals surface area contributed by atoms with Crippen molar-refractivity contribution < 1.29 is 27.4 Å². The molecule has 1 aliphatic heterocycles. The third-order valence-electron chi connectivity index (χ3n) is 6.27. The minimum atomic E-state index is -3.36. The zero-order chi connectivity index (χ0) is 22.1. The average Bonchev–Trinajstić information content (AvgIpc) is 3.46. The van der Waals surface area contributed by atoms with E-state index in [2.05, 4.69) is 9.97 Å². The molecule has 172 valence electrons. The summed E-state index contributed by atoms with van der Waals surface area (Å²) in [5.41, 5.74) is -0.230. The van der Waals surface area contributed by atoms with E-state index in [4.69, 9.17) is 14.2 Å². The molecule has 1 aromatic rings. The van der Waals surface area contributed by atoms with Crippen molar-refractivity contribution in [3.8, 4) is 5.88 Å². The fourth-order valence-corrected chi connectivity index (χ4v) is 4.50. The van der Waals surface area contributed by atoms with Gasteiger partial charge in [0, 0.05) is 19.3 Å². The Labute approximate surface area is 183 Å². The van der Waals surface area contributed by atoms with E-state index in [1.807, 2.05) is 6.92 Å². The van der Waals surface area contributed by atoms with Crippen LogP contribution in [-0.2, 0) is 19.3 Å². The van der Waals surface area contributed by atoms with E-state index in [1.165, 1.54) is 12.4 Å². The summed E-state index contributed by atoms with van der Waals surface area (Å²) in [5, 5.41) is -0.0574. The van der Waals surface area contributed by atoms with Gasteiger partial charge in [-0.2, -0.15) is 0 Å². The van der Waals surface area contributed by atoms with Gasteiger partial charge in [-0.05, 0) is 58.3 Å². The number of likely N-dealkylation sites (tertiary alicyclic amines) is 1. The van der Waals surface area contributed by atoms with Gasteiger partial charge in [-0.1, -0.05) is 0 Å². The van der Waals surface area contributed by atoms with Gasteiger partial charge in [0.2, 0.25) is 5.88 Å². The molecule has 1 aromatic heterocycles. The minimum absolute atomic E-state index is 0.0265. The highest BCUT2D eigenvalue weighted by Gasteiger charge is 2.43. The second kappa shape index (κ2) is 8.90. The summed E-state index contributed by atoms with van der Waals surface area (Å²) in [7, 11) is -3.36. The number of hydrogen-bond donors (Lipinski definition) is 0. The average molecular weight is 454 g/mol. The number of sulfone groups is 1. The Bertz CT molecular complexity index is 871. The highest BCUT2D eigenvalue weighted by Crippen LogP contribution is 2.39. The lowest BCUT2D eigenvalue weighted by atomic mass is 9.94. The predicted molar refractivity (Wildman–Crippen MR) is 112 cm³/mol. The first-order valence-electron chi connectivity index (χ1n) is 11.0. The maximum absolute atomic E-state index is 12.2. The van der Waals surface area contributed by atoms with Crippen molar-refractivity contribution in [2.45, 2.75) is 87.2 Å². The molecule has 1 amide bonds. The first kappa shape index (κ1) is 22.3. The molecule has 4 rings (SSSR count). The molecule has 0 spiro atoms. The summed E-state index contributed by atoms with van der Waals surface area (Å²) >= 11 is 0. The summed E-state index contributed by atoms with van der Waals surface area (Å²) in [6.45, 7) is 3.35. The molecule has 0 bridgehead atoms. The molecule has 0 radical (unpaired) electrons. The van der Waals surface area contributed by atoms with E-state index in [0.717, 1.165) is 57.6 Å². The summed E-state index contributed by atoms with van der Waals surface area (Å²) in [6, 6.07) is 0. The first-order chi connectivity index (χ1) is 14.7. The van der Waals surface area contributed by atoms with Gasteiger partial charge in [0.15, 0.2) is 14.9 Å². The Morgan fingerprint density at radius 2 is 1.61 bits per heavy atom. The third kappa shape index (κ3) is 6.06. The zero-order valence-electron chi connectivity index (χ0n) is 18.2. The molecule has 1 saturated heterocycles. The lowest BCUT2D eigenvalue weighted by molar-refractivity contribution is -0.0665. The van der Waals surface area contributed by atoms with Gasteiger partial charge >= 0.3 is 6.09 Å². The Balaban J connectivity index is 1.16.